The van der Waals surface area contributed by atoms with Crippen molar-refractivity contribution in [1.29, 1.82) is 0 Å². The van der Waals surface area contributed by atoms with Gasteiger partial charge in [0, 0.05) is 0 Å². The molecular weight excluding hydrogens is 258 g/mol. The third kappa shape index (κ3) is 2.60. The SMILES string of the molecule is OC(c1c(F)cccc1F)C1CCC2CCCCC2C1. The molecule has 0 aliphatic heterocycles. The molecule has 2 aliphatic carbocycles. The maximum atomic E-state index is 13.8. The standard InChI is InChI=1S/C17H22F2O/c18-14-6-3-7-15(19)16(14)17(20)13-9-8-11-4-1-2-5-12(11)10-13/h3,6-7,11-13,17,20H,1-2,4-5,8-10H2. The molecule has 0 spiro atoms. The van der Waals surface area contributed by atoms with E-state index in [1.165, 1.54) is 43.9 Å². The third-order valence-corrected chi connectivity index (χ3v) is 5.32. The van der Waals surface area contributed by atoms with Crippen molar-refractivity contribution in [3.05, 3.63) is 35.4 Å². The maximum Gasteiger partial charge on any atom is 0.131 e. The highest BCUT2D eigenvalue weighted by atomic mass is 19.1. The lowest BCUT2D eigenvalue weighted by Gasteiger charge is -2.40. The zero-order chi connectivity index (χ0) is 14.1. The molecule has 20 heavy (non-hydrogen) atoms. The Kier molecular flexibility index (Phi) is 4.06. The first-order valence-electron chi connectivity index (χ1n) is 7.79. The fraction of sp³-hybridized carbons (Fsp3) is 0.647. The molecule has 0 radical (unpaired) electrons. The van der Waals surface area contributed by atoms with Crippen molar-refractivity contribution in [2.45, 2.75) is 51.0 Å². The van der Waals surface area contributed by atoms with E-state index in [9.17, 15) is 13.9 Å². The average Bonchev–Trinajstić information content (AvgIpc) is 2.46. The Balaban J connectivity index is 1.76. The Labute approximate surface area is 119 Å². The van der Waals surface area contributed by atoms with E-state index in [0.717, 1.165) is 25.2 Å². The van der Waals surface area contributed by atoms with Gasteiger partial charge in [-0.2, -0.15) is 0 Å². The van der Waals surface area contributed by atoms with Crippen molar-refractivity contribution in [2.75, 3.05) is 0 Å². The van der Waals surface area contributed by atoms with Crippen LogP contribution in [0.1, 0.15) is 56.6 Å². The molecule has 2 fully saturated rings. The van der Waals surface area contributed by atoms with E-state index in [1.54, 1.807) is 0 Å². The molecule has 110 valence electrons. The summed E-state index contributed by atoms with van der Waals surface area (Å²) in [5.74, 6) is 0.178. The highest BCUT2D eigenvalue weighted by Crippen LogP contribution is 2.46. The summed E-state index contributed by atoms with van der Waals surface area (Å²) >= 11 is 0. The molecule has 3 rings (SSSR count). The number of aliphatic hydroxyl groups is 1. The van der Waals surface area contributed by atoms with Gasteiger partial charge < -0.3 is 5.11 Å². The minimum absolute atomic E-state index is 0.000694. The van der Waals surface area contributed by atoms with Crippen LogP contribution < -0.4 is 0 Å². The number of hydrogen-bond donors (Lipinski definition) is 1. The molecule has 4 atom stereocenters. The van der Waals surface area contributed by atoms with Crippen molar-refractivity contribution in [3.63, 3.8) is 0 Å². The summed E-state index contributed by atoms with van der Waals surface area (Å²) in [5.41, 5.74) is -0.133. The molecule has 0 saturated heterocycles. The van der Waals surface area contributed by atoms with Crippen LogP contribution in [0.5, 0.6) is 0 Å². The summed E-state index contributed by atoms with van der Waals surface area (Å²) < 4.78 is 27.6. The average molecular weight is 280 g/mol. The van der Waals surface area contributed by atoms with Crippen LogP contribution in [0.3, 0.4) is 0 Å². The number of rotatable bonds is 2. The summed E-state index contributed by atoms with van der Waals surface area (Å²) in [6, 6.07) is 3.81. The first kappa shape index (κ1) is 14.0. The second kappa shape index (κ2) is 5.80. The highest BCUT2D eigenvalue weighted by molar-refractivity contribution is 5.22. The minimum atomic E-state index is -1.00. The van der Waals surface area contributed by atoms with Crippen molar-refractivity contribution in [2.24, 2.45) is 17.8 Å². The van der Waals surface area contributed by atoms with Crippen LogP contribution in [-0.2, 0) is 0 Å². The van der Waals surface area contributed by atoms with Crippen LogP contribution in [0.4, 0.5) is 8.78 Å². The maximum absolute atomic E-state index is 13.8. The predicted octanol–water partition coefficient (Wildman–Crippen LogP) is 4.60. The van der Waals surface area contributed by atoms with Crippen molar-refractivity contribution in [1.82, 2.24) is 0 Å². The van der Waals surface area contributed by atoms with E-state index in [-0.39, 0.29) is 11.5 Å². The largest absolute Gasteiger partial charge is 0.388 e. The molecule has 0 amide bonds. The molecule has 2 aliphatic rings. The highest BCUT2D eigenvalue weighted by Gasteiger charge is 2.36. The molecule has 1 nitrogen and oxygen atoms in total. The lowest BCUT2D eigenvalue weighted by Crippen LogP contribution is -2.30. The molecule has 1 aromatic rings. The number of halogens is 2. The van der Waals surface area contributed by atoms with Gasteiger partial charge in [0.2, 0.25) is 0 Å². The molecule has 0 heterocycles. The van der Waals surface area contributed by atoms with Crippen LogP contribution in [0.15, 0.2) is 18.2 Å². The van der Waals surface area contributed by atoms with Crippen molar-refractivity contribution >= 4 is 0 Å². The van der Waals surface area contributed by atoms with Gasteiger partial charge in [-0.25, -0.2) is 8.78 Å². The van der Waals surface area contributed by atoms with Crippen LogP contribution >= 0.6 is 0 Å². The van der Waals surface area contributed by atoms with Gasteiger partial charge in [0.25, 0.3) is 0 Å². The fourth-order valence-corrected chi connectivity index (χ4v) is 4.23. The van der Waals surface area contributed by atoms with Crippen LogP contribution in [0.25, 0.3) is 0 Å². The second-order valence-electron chi connectivity index (χ2n) is 6.46. The zero-order valence-corrected chi connectivity index (χ0v) is 11.7. The molecule has 2 saturated carbocycles. The van der Waals surface area contributed by atoms with E-state index in [1.807, 2.05) is 0 Å². The van der Waals surface area contributed by atoms with Gasteiger partial charge in [-0.05, 0) is 49.1 Å². The van der Waals surface area contributed by atoms with E-state index >= 15 is 0 Å². The van der Waals surface area contributed by atoms with Gasteiger partial charge in [0.15, 0.2) is 0 Å². The van der Waals surface area contributed by atoms with Gasteiger partial charge in [-0.15, -0.1) is 0 Å². The van der Waals surface area contributed by atoms with Gasteiger partial charge in [0.05, 0.1) is 11.7 Å². The number of hydrogen-bond acceptors (Lipinski definition) is 1. The van der Waals surface area contributed by atoms with Gasteiger partial charge in [0.1, 0.15) is 11.6 Å². The smallest absolute Gasteiger partial charge is 0.131 e. The summed E-state index contributed by atoms with van der Waals surface area (Å²) in [4.78, 5) is 0. The number of aliphatic hydroxyl groups excluding tert-OH is 1. The molecule has 3 heteroatoms. The van der Waals surface area contributed by atoms with E-state index in [4.69, 9.17) is 0 Å². The number of fused-ring (bicyclic) bond motifs is 1. The van der Waals surface area contributed by atoms with Crippen LogP contribution in [0.2, 0.25) is 0 Å². The second-order valence-corrected chi connectivity index (χ2v) is 6.46. The first-order valence-corrected chi connectivity index (χ1v) is 7.79. The summed E-state index contributed by atoms with van der Waals surface area (Å²) in [6.45, 7) is 0. The van der Waals surface area contributed by atoms with Gasteiger partial charge in [-0.3, -0.25) is 0 Å². The lowest BCUT2D eigenvalue weighted by atomic mass is 9.66. The third-order valence-electron chi connectivity index (χ3n) is 5.32. The van der Waals surface area contributed by atoms with Gasteiger partial charge >= 0.3 is 0 Å². The Morgan fingerprint density at radius 1 is 0.950 bits per heavy atom. The Morgan fingerprint density at radius 3 is 2.30 bits per heavy atom. The van der Waals surface area contributed by atoms with Crippen LogP contribution in [0, 0.1) is 29.4 Å². The predicted molar refractivity (Wildman–Crippen MR) is 74.1 cm³/mol. The molecule has 1 N–H and O–H groups in total. The first-order chi connectivity index (χ1) is 9.66. The van der Waals surface area contributed by atoms with Crippen molar-refractivity contribution in [3.8, 4) is 0 Å². The quantitative estimate of drug-likeness (QED) is 0.839. The van der Waals surface area contributed by atoms with E-state index < -0.39 is 17.7 Å². The normalized spacial score (nSPS) is 31.6. The molecule has 0 bridgehead atoms. The number of benzene rings is 1. The summed E-state index contributed by atoms with van der Waals surface area (Å²) in [5, 5.41) is 10.4. The van der Waals surface area contributed by atoms with Crippen LogP contribution in [-0.4, -0.2) is 5.11 Å². The van der Waals surface area contributed by atoms with Gasteiger partial charge in [-0.1, -0.05) is 31.7 Å². The molecular formula is C17H22F2O. The monoisotopic (exact) mass is 280 g/mol. The zero-order valence-electron chi connectivity index (χ0n) is 11.7. The Hall–Kier alpha value is -0.960. The lowest BCUT2D eigenvalue weighted by molar-refractivity contribution is 0.0310. The van der Waals surface area contributed by atoms with Crippen molar-refractivity contribution < 1.29 is 13.9 Å². The fourth-order valence-electron chi connectivity index (χ4n) is 4.23. The summed E-state index contributed by atoms with van der Waals surface area (Å²) in [6.07, 6.45) is 6.99. The summed E-state index contributed by atoms with van der Waals surface area (Å²) in [7, 11) is 0. The molecule has 4 unspecified atom stereocenters. The Bertz CT molecular complexity index is 454. The topological polar surface area (TPSA) is 20.2 Å². The molecule has 1 aromatic carbocycles. The van der Waals surface area contributed by atoms with E-state index in [0.29, 0.717) is 5.92 Å². The molecule has 0 aromatic heterocycles. The minimum Gasteiger partial charge on any atom is -0.388 e. The van der Waals surface area contributed by atoms with E-state index in [2.05, 4.69) is 0 Å². The Morgan fingerprint density at radius 2 is 1.60 bits per heavy atom.